The topological polar surface area (TPSA) is 66.4 Å². The molecular formula is C15H12FNO3. The lowest BCUT2D eigenvalue weighted by atomic mass is 10.1. The normalized spacial score (nSPS) is 10.1. The number of carboxylic acids is 1. The van der Waals surface area contributed by atoms with E-state index in [1.807, 2.05) is 0 Å². The van der Waals surface area contributed by atoms with E-state index in [1.165, 1.54) is 36.4 Å². The van der Waals surface area contributed by atoms with Gasteiger partial charge in [-0.25, -0.2) is 9.18 Å². The Balaban J connectivity index is 2.18. The average Bonchev–Trinajstić information content (AvgIpc) is 2.39. The molecule has 102 valence electrons. The van der Waals surface area contributed by atoms with Crippen LogP contribution < -0.4 is 5.32 Å². The molecule has 2 N–H and O–H groups in total. The minimum Gasteiger partial charge on any atom is -0.478 e. The Bertz CT molecular complexity index is 665. The Morgan fingerprint density at radius 3 is 2.30 bits per heavy atom. The minimum absolute atomic E-state index is 0.185. The second-order valence-electron chi connectivity index (χ2n) is 4.30. The predicted molar refractivity (Wildman–Crippen MR) is 72.5 cm³/mol. The molecule has 0 spiro atoms. The summed E-state index contributed by atoms with van der Waals surface area (Å²) in [7, 11) is 0. The molecule has 0 radical (unpaired) electrons. The number of carbonyl (C=O) groups excluding carboxylic acids is 1. The van der Waals surface area contributed by atoms with Crippen LogP contribution in [0.25, 0.3) is 0 Å². The Hall–Kier alpha value is -2.69. The second-order valence-corrected chi connectivity index (χ2v) is 4.30. The Kier molecular flexibility index (Phi) is 3.79. The van der Waals surface area contributed by atoms with Gasteiger partial charge in [0.05, 0.1) is 5.56 Å². The van der Waals surface area contributed by atoms with Gasteiger partial charge in [-0.1, -0.05) is 0 Å². The summed E-state index contributed by atoms with van der Waals surface area (Å²) >= 11 is 0. The van der Waals surface area contributed by atoms with Gasteiger partial charge in [-0.05, 0) is 55.0 Å². The summed E-state index contributed by atoms with van der Waals surface area (Å²) in [5, 5.41) is 11.5. The lowest BCUT2D eigenvalue weighted by molar-refractivity contribution is 0.0696. The quantitative estimate of drug-likeness (QED) is 0.903. The number of nitrogens with one attached hydrogen (secondary N) is 1. The maximum atomic E-state index is 12.8. The van der Waals surface area contributed by atoms with Gasteiger partial charge in [0.1, 0.15) is 5.82 Å². The van der Waals surface area contributed by atoms with Crippen LogP contribution in [0, 0.1) is 12.7 Å². The van der Waals surface area contributed by atoms with E-state index in [2.05, 4.69) is 5.32 Å². The lowest BCUT2D eigenvalue weighted by Crippen LogP contribution is -2.12. The summed E-state index contributed by atoms with van der Waals surface area (Å²) in [6, 6.07) is 9.67. The van der Waals surface area contributed by atoms with Crippen LogP contribution >= 0.6 is 0 Å². The van der Waals surface area contributed by atoms with E-state index in [1.54, 1.807) is 13.0 Å². The van der Waals surface area contributed by atoms with Crippen molar-refractivity contribution in [3.8, 4) is 0 Å². The fourth-order valence-corrected chi connectivity index (χ4v) is 1.79. The van der Waals surface area contributed by atoms with Crippen LogP contribution in [-0.2, 0) is 0 Å². The van der Waals surface area contributed by atoms with E-state index in [4.69, 9.17) is 5.11 Å². The van der Waals surface area contributed by atoms with Crippen LogP contribution in [0.15, 0.2) is 42.5 Å². The first-order valence-electron chi connectivity index (χ1n) is 5.88. The monoisotopic (exact) mass is 273 g/mol. The van der Waals surface area contributed by atoms with Crippen molar-refractivity contribution >= 4 is 17.6 Å². The summed E-state index contributed by atoms with van der Waals surface area (Å²) in [6.45, 7) is 1.65. The largest absolute Gasteiger partial charge is 0.478 e. The number of carbonyl (C=O) groups is 2. The van der Waals surface area contributed by atoms with Crippen LogP contribution in [0.5, 0.6) is 0 Å². The highest BCUT2D eigenvalue weighted by atomic mass is 19.1. The van der Waals surface area contributed by atoms with Gasteiger partial charge < -0.3 is 10.4 Å². The molecule has 0 aromatic heterocycles. The molecule has 0 unspecified atom stereocenters. The zero-order valence-corrected chi connectivity index (χ0v) is 10.7. The Morgan fingerprint density at radius 2 is 1.75 bits per heavy atom. The number of hydrogen-bond donors (Lipinski definition) is 2. The van der Waals surface area contributed by atoms with Crippen molar-refractivity contribution in [2.24, 2.45) is 0 Å². The van der Waals surface area contributed by atoms with E-state index >= 15 is 0 Å². The maximum Gasteiger partial charge on any atom is 0.335 e. The molecule has 0 saturated heterocycles. The van der Waals surface area contributed by atoms with Crippen molar-refractivity contribution in [2.75, 3.05) is 5.32 Å². The lowest BCUT2D eigenvalue weighted by Gasteiger charge is -2.07. The molecule has 5 heteroatoms. The van der Waals surface area contributed by atoms with Crippen molar-refractivity contribution in [3.05, 3.63) is 65.0 Å². The highest BCUT2D eigenvalue weighted by molar-refractivity contribution is 6.04. The highest BCUT2D eigenvalue weighted by Gasteiger charge is 2.10. The van der Waals surface area contributed by atoms with Gasteiger partial charge in [0.15, 0.2) is 0 Å². The molecule has 20 heavy (non-hydrogen) atoms. The van der Waals surface area contributed by atoms with Gasteiger partial charge in [0, 0.05) is 11.3 Å². The molecule has 0 aliphatic rings. The molecule has 0 bridgehead atoms. The van der Waals surface area contributed by atoms with Crippen molar-refractivity contribution in [2.45, 2.75) is 6.92 Å². The molecule has 0 heterocycles. The molecule has 0 aliphatic carbocycles. The van der Waals surface area contributed by atoms with Crippen LogP contribution in [-0.4, -0.2) is 17.0 Å². The number of aryl methyl sites for hydroxylation is 1. The smallest absolute Gasteiger partial charge is 0.335 e. The van der Waals surface area contributed by atoms with E-state index < -0.39 is 11.8 Å². The summed E-state index contributed by atoms with van der Waals surface area (Å²) < 4.78 is 12.8. The molecule has 1 amide bonds. The summed E-state index contributed by atoms with van der Waals surface area (Å²) in [6.07, 6.45) is 0. The molecular weight excluding hydrogens is 261 g/mol. The number of hydrogen-bond acceptors (Lipinski definition) is 2. The van der Waals surface area contributed by atoms with E-state index in [0.29, 0.717) is 16.8 Å². The number of anilines is 1. The van der Waals surface area contributed by atoms with E-state index in [0.717, 1.165) is 0 Å². The van der Waals surface area contributed by atoms with Crippen LogP contribution in [0.2, 0.25) is 0 Å². The third-order valence-corrected chi connectivity index (χ3v) is 2.82. The van der Waals surface area contributed by atoms with Gasteiger partial charge in [-0.2, -0.15) is 0 Å². The number of halogens is 1. The number of rotatable bonds is 3. The van der Waals surface area contributed by atoms with Crippen molar-refractivity contribution < 1.29 is 19.1 Å². The maximum absolute atomic E-state index is 12.8. The van der Waals surface area contributed by atoms with Gasteiger partial charge in [0.2, 0.25) is 0 Å². The van der Waals surface area contributed by atoms with Crippen molar-refractivity contribution in [1.82, 2.24) is 0 Å². The fourth-order valence-electron chi connectivity index (χ4n) is 1.79. The summed E-state index contributed by atoms with van der Waals surface area (Å²) in [5.74, 6) is -1.81. The van der Waals surface area contributed by atoms with Gasteiger partial charge in [-0.15, -0.1) is 0 Å². The molecule has 0 fully saturated rings. The first-order chi connectivity index (χ1) is 9.47. The van der Waals surface area contributed by atoms with E-state index in [-0.39, 0.29) is 11.5 Å². The molecule has 2 aromatic rings. The zero-order chi connectivity index (χ0) is 14.7. The van der Waals surface area contributed by atoms with Crippen molar-refractivity contribution in [1.29, 1.82) is 0 Å². The third kappa shape index (κ3) is 3.00. The molecule has 4 nitrogen and oxygen atoms in total. The van der Waals surface area contributed by atoms with Crippen LogP contribution in [0.4, 0.5) is 10.1 Å². The predicted octanol–water partition coefficient (Wildman–Crippen LogP) is 3.08. The van der Waals surface area contributed by atoms with Gasteiger partial charge in [0.25, 0.3) is 5.91 Å². The standard InChI is InChI=1S/C15H12FNO3/c1-9-8-12(6-7-13(9)15(19)20)17-14(18)10-2-4-11(16)5-3-10/h2-8H,1H3,(H,17,18)(H,19,20). The molecule has 2 rings (SSSR count). The SMILES string of the molecule is Cc1cc(NC(=O)c2ccc(F)cc2)ccc1C(=O)O. The Labute approximate surface area is 114 Å². The zero-order valence-electron chi connectivity index (χ0n) is 10.7. The number of amides is 1. The number of benzene rings is 2. The molecule has 2 aromatic carbocycles. The fraction of sp³-hybridized carbons (Fsp3) is 0.0667. The number of aromatic carboxylic acids is 1. The van der Waals surface area contributed by atoms with Gasteiger partial charge in [-0.3, -0.25) is 4.79 Å². The number of carboxylic acid groups (broad SMARTS) is 1. The first-order valence-corrected chi connectivity index (χ1v) is 5.88. The van der Waals surface area contributed by atoms with Gasteiger partial charge >= 0.3 is 5.97 Å². The molecule has 0 saturated carbocycles. The van der Waals surface area contributed by atoms with Crippen LogP contribution in [0.1, 0.15) is 26.3 Å². The molecule has 0 aliphatic heterocycles. The second kappa shape index (κ2) is 5.52. The third-order valence-electron chi connectivity index (χ3n) is 2.82. The summed E-state index contributed by atoms with van der Waals surface area (Å²) in [4.78, 5) is 22.8. The minimum atomic E-state index is -1.01. The highest BCUT2D eigenvalue weighted by Crippen LogP contribution is 2.16. The van der Waals surface area contributed by atoms with E-state index in [9.17, 15) is 14.0 Å². The Morgan fingerprint density at radius 1 is 1.10 bits per heavy atom. The van der Waals surface area contributed by atoms with Crippen molar-refractivity contribution in [3.63, 3.8) is 0 Å². The summed E-state index contributed by atoms with van der Waals surface area (Å²) in [5.41, 5.74) is 1.55. The van der Waals surface area contributed by atoms with Crippen LogP contribution in [0.3, 0.4) is 0 Å². The average molecular weight is 273 g/mol. The first kappa shape index (κ1) is 13.7. The molecule has 0 atom stereocenters.